The largest absolute Gasteiger partial charge is 0.494 e. The van der Waals surface area contributed by atoms with Crippen molar-refractivity contribution in [2.24, 2.45) is 0 Å². The number of carbonyl (C=O) groups is 2. The number of ether oxygens (including phenoxy) is 1. The van der Waals surface area contributed by atoms with E-state index in [1.54, 1.807) is 4.90 Å². The summed E-state index contributed by atoms with van der Waals surface area (Å²) in [5, 5.41) is 21.2. The van der Waals surface area contributed by atoms with Gasteiger partial charge in [-0.3, -0.25) is 19.7 Å². The Bertz CT molecular complexity index is 718. The summed E-state index contributed by atoms with van der Waals surface area (Å²) >= 11 is 0. The van der Waals surface area contributed by atoms with E-state index in [2.05, 4.69) is 0 Å². The van der Waals surface area contributed by atoms with E-state index in [-0.39, 0.29) is 23.2 Å². The van der Waals surface area contributed by atoms with Crippen molar-refractivity contribution in [1.29, 1.82) is 0 Å². The number of aliphatic hydroxyl groups is 1. The predicted octanol–water partition coefficient (Wildman–Crippen LogP) is 4.24. The third kappa shape index (κ3) is 6.79. The Morgan fingerprint density at radius 3 is 2.67 bits per heavy atom. The summed E-state index contributed by atoms with van der Waals surface area (Å²) in [5.41, 5.74) is -0.256. The van der Waals surface area contributed by atoms with Crippen LogP contribution in [0.3, 0.4) is 0 Å². The van der Waals surface area contributed by atoms with Crippen molar-refractivity contribution in [3.05, 3.63) is 33.9 Å². The first kappa shape index (κ1) is 23.8. The van der Waals surface area contributed by atoms with Gasteiger partial charge in [-0.2, -0.15) is 0 Å². The van der Waals surface area contributed by atoms with Gasteiger partial charge in [-0.15, -0.1) is 0 Å². The molecule has 0 bridgehead atoms. The molecule has 166 valence electrons. The van der Waals surface area contributed by atoms with E-state index >= 15 is 0 Å². The van der Waals surface area contributed by atoms with Crippen LogP contribution in [0.5, 0.6) is 5.75 Å². The van der Waals surface area contributed by atoms with Gasteiger partial charge in [0.05, 0.1) is 17.1 Å². The lowest BCUT2D eigenvalue weighted by Crippen LogP contribution is -2.47. The standard InChI is InChI=1S/C22H32N2O6/c1-2-21(26)23(18-9-5-3-6-10-18)22(27)11-7-4-8-14-30-19-12-13-20(24(28)29)17(15-19)16-25/h12-13,15-16,18,21,26H,2-11,14H2,1H3. The Balaban J connectivity index is 1.74. The minimum absolute atomic E-state index is 0.0135. The van der Waals surface area contributed by atoms with Crippen LogP contribution < -0.4 is 4.74 Å². The summed E-state index contributed by atoms with van der Waals surface area (Å²) in [7, 11) is 0. The van der Waals surface area contributed by atoms with Crippen LogP contribution in [0.4, 0.5) is 5.69 Å². The molecular formula is C22H32N2O6. The van der Waals surface area contributed by atoms with Gasteiger partial charge < -0.3 is 14.7 Å². The van der Waals surface area contributed by atoms with E-state index in [1.165, 1.54) is 24.6 Å². The second-order valence-corrected chi connectivity index (χ2v) is 7.74. The molecule has 0 heterocycles. The predicted molar refractivity (Wildman–Crippen MR) is 112 cm³/mol. The van der Waals surface area contributed by atoms with Gasteiger partial charge in [-0.05, 0) is 50.7 Å². The van der Waals surface area contributed by atoms with Gasteiger partial charge in [0.15, 0.2) is 6.29 Å². The Labute approximate surface area is 177 Å². The topological polar surface area (TPSA) is 110 Å². The fourth-order valence-corrected chi connectivity index (χ4v) is 3.93. The molecule has 1 N–H and O–H groups in total. The second-order valence-electron chi connectivity index (χ2n) is 7.74. The van der Waals surface area contributed by atoms with Crippen LogP contribution in [-0.2, 0) is 4.79 Å². The van der Waals surface area contributed by atoms with Crippen LogP contribution in [0.25, 0.3) is 0 Å². The average Bonchev–Trinajstić information content (AvgIpc) is 2.76. The van der Waals surface area contributed by atoms with Crippen LogP contribution in [0.15, 0.2) is 18.2 Å². The average molecular weight is 421 g/mol. The van der Waals surface area contributed by atoms with Crippen molar-refractivity contribution in [3.63, 3.8) is 0 Å². The van der Waals surface area contributed by atoms with Gasteiger partial charge in [-0.1, -0.05) is 26.2 Å². The van der Waals surface area contributed by atoms with Gasteiger partial charge in [-0.25, -0.2) is 0 Å². The SMILES string of the molecule is CCC(O)N(C(=O)CCCCCOc1ccc([N+](=O)[O-])c(C=O)c1)C1CCCCC1. The number of hydrogen-bond donors (Lipinski definition) is 1. The molecule has 1 aliphatic carbocycles. The maximum atomic E-state index is 12.7. The van der Waals surface area contributed by atoms with Crippen molar-refractivity contribution < 1.29 is 24.4 Å². The summed E-state index contributed by atoms with van der Waals surface area (Å²) in [6.07, 6.45) is 8.24. The zero-order chi connectivity index (χ0) is 21.9. The van der Waals surface area contributed by atoms with E-state index in [4.69, 9.17) is 4.74 Å². The lowest BCUT2D eigenvalue weighted by molar-refractivity contribution is -0.385. The smallest absolute Gasteiger partial charge is 0.280 e. The van der Waals surface area contributed by atoms with Gasteiger partial charge in [0, 0.05) is 18.5 Å². The monoisotopic (exact) mass is 420 g/mol. The molecular weight excluding hydrogens is 388 g/mol. The summed E-state index contributed by atoms with van der Waals surface area (Å²) in [5.74, 6) is 0.427. The van der Waals surface area contributed by atoms with Gasteiger partial charge in [0.1, 0.15) is 12.0 Å². The van der Waals surface area contributed by atoms with E-state index < -0.39 is 11.2 Å². The maximum Gasteiger partial charge on any atom is 0.280 e. The van der Waals surface area contributed by atoms with E-state index in [0.29, 0.717) is 37.9 Å². The molecule has 8 nitrogen and oxygen atoms in total. The zero-order valence-electron chi connectivity index (χ0n) is 17.6. The summed E-state index contributed by atoms with van der Waals surface area (Å²) in [6, 6.07) is 4.25. The molecule has 1 aliphatic rings. The number of carbonyl (C=O) groups excluding carboxylic acids is 2. The van der Waals surface area contributed by atoms with Crippen molar-refractivity contribution in [3.8, 4) is 5.75 Å². The number of nitrogens with zero attached hydrogens (tertiary/aromatic N) is 2. The summed E-state index contributed by atoms with van der Waals surface area (Å²) < 4.78 is 5.57. The molecule has 0 aromatic heterocycles. The number of rotatable bonds is 12. The zero-order valence-corrected chi connectivity index (χ0v) is 17.6. The van der Waals surface area contributed by atoms with Crippen molar-refractivity contribution in [1.82, 2.24) is 4.90 Å². The van der Waals surface area contributed by atoms with Crippen molar-refractivity contribution in [2.45, 2.75) is 83.4 Å². The maximum absolute atomic E-state index is 12.7. The van der Waals surface area contributed by atoms with E-state index in [9.17, 15) is 24.8 Å². The van der Waals surface area contributed by atoms with Crippen LogP contribution in [0.1, 0.15) is 81.5 Å². The normalized spacial score (nSPS) is 15.4. The number of nitro benzene ring substituents is 1. The lowest BCUT2D eigenvalue weighted by Gasteiger charge is -2.37. The number of aldehydes is 1. The molecule has 0 saturated heterocycles. The quantitative estimate of drug-likeness (QED) is 0.178. The van der Waals surface area contributed by atoms with Crippen LogP contribution in [0.2, 0.25) is 0 Å². The van der Waals surface area contributed by atoms with E-state index in [1.807, 2.05) is 6.92 Å². The van der Waals surface area contributed by atoms with Crippen LogP contribution in [-0.4, -0.2) is 46.0 Å². The third-order valence-electron chi connectivity index (χ3n) is 5.57. The number of benzene rings is 1. The number of aliphatic hydroxyl groups excluding tert-OH is 1. The first-order chi connectivity index (χ1) is 14.5. The first-order valence-electron chi connectivity index (χ1n) is 10.8. The highest BCUT2D eigenvalue weighted by Crippen LogP contribution is 2.26. The van der Waals surface area contributed by atoms with Crippen LogP contribution in [0, 0.1) is 10.1 Å². The minimum atomic E-state index is -0.710. The number of nitro groups is 1. The Morgan fingerprint density at radius 1 is 1.30 bits per heavy atom. The summed E-state index contributed by atoms with van der Waals surface area (Å²) in [4.78, 5) is 35.6. The van der Waals surface area contributed by atoms with Crippen molar-refractivity contribution in [2.75, 3.05) is 6.61 Å². The fraction of sp³-hybridized carbons (Fsp3) is 0.636. The molecule has 1 aromatic carbocycles. The molecule has 1 saturated carbocycles. The molecule has 2 rings (SSSR count). The molecule has 1 aromatic rings. The molecule has 0 radical (unpaired) electrons. The Kier molecular flexibility index (Phi) is 9.73. The highest BCUT2D eigenvalue weighted by molar-refractivity contribution is 5.82. The van der Waals surface area contributed by atoms with Crippen molar-refractivity contribution >= 4 is 17.9 Å². The highest BCUT2D eigenvalue weighted by Gasteiger charge is 2.29. The number of unbranched alkanes of at least 4 members (excludes halogenated alkanes) is 2. The molecule has 1 atom stereocenters. The molecule has 1 unspecified atom stereocenters. The molecule has 1 fully saturated rings. The third-order valence-corrected chi connectivity index (χ3v) is 5.57. The fourth-order valence-electron chi connectivity index (χ4n) is 3.93. The molecule has 0 aliphatic heterocycles. The van der Waals surface area contributed by atoms with Crippen LogP contribution >= 0.6 is 0 Å². The Hall–Kier alpha value is -2.48. The van der Waals surface area contributed by atoms with Gasteiger partial charge >= 0.3 is 0 Å². The Morgan fingerprint density at radius 2 is 2.03 bits per heavy atom. The molecule has 30 heavy (non-hydrogen) atoms. The minimum Gasteiger partial charge on any atom is -0.494 e. The molecule has 8 heteroatoms. The summed E-state index contributed by atoms with van der Waals surface area (Å²) in [6.45, 7) is 2.29. The number of amides is 1. The first-order valence-corrected chi connectivity index (χ1v) is 10.8. The van der Waals surface area contributed by atoms with Gasteiger partial charge in [0.2, 0.25) is 5.91 Å². The van der Waals surface area contributed by atoms with E-state index in [0.717, 1.165) is 38.5 Å². The second kappa shape index (κ2) is 12.3. The van der Waals surface area contributed by atoms with Gasteiger partial charge in [0.25, 0.3) is 5.69 Å². The molecule has 0 spiro atoms. The lowest BCUT2D eigenvalue weighted by atomic mass is 9.93. The highest BCUT2D eigenvalue weighted by atomic mass is 16.6. The molecule has 1 amide bonds. The number of hydrogen-bond acceptors (Lipinski definition) is 6.